The van der Waals surface area contributed by atoms with Crippen LogP contribution in [0, 0.1) is 0 Å². The summed E-state index contributed by atoms with van der Waals surface area (Å²) in [5, 5.41) is 0.666. The third-order valence-corrected chi connectivity index (χ3v) is 2.80. The lowest BCUT2D eigenvalue weighted by atomic mass is 10.1. The molecule has 2 rings (SSSR count). The van der Waals surface area contributed by atoms with Crippen molar-refractivity contribution in [1.29, 1.82) is 0 Å². The van der Waals surface area contributed by atoms with Crippen molar-refractivity contribution in [3.05, 3.63) is 28.9 Å². The number of hydrogen-bond donors (Lipinski definition) is 0. The van der Waals surface area contributed by atoms with E-state index >= 15 is 0 Å². The summed E-state index contributed by atoms with van der Waals surface area (Å²) in [5.74, 6) is 0.900. The summed E-state index contributed by atoms with van der Waals surface area (Å²) in [6, 6.07) is 4.30. The first-order valence-corrected chi connectivity index (χ1v) is 5.45. The van der Waals surface area contributed by atoms with E-state index in [2.05, 4.69) is 4.98 Å². The van der Waals surface area contributed by atoms with Crippen LogP contribution in [0.15, 0.2) is 18.2 Å². The van der Waals surface area contributed by atoms with E-state index in [9.17, 15) is 8.78 Å². The number of hydrogen-bond acceptors (Lipinski definition) is 3. The second-order valence-corrected chi connectivity index (χ2v) is 3.96. The number of aromatic nitrogens is 1. The van der Waals surface area contributed by atoms with Gasteiger partial charge in [0.2, 0.25) is 0 Å². The molecule has 3 nitrogen and oxygen atoms in total. The number of rotatable bonds is 3. The first-order valence-electron chi connectivity index (χ1n) is 5.07. The molecule has 0 aliphatic carbocycles. The topological polar surface area (TPSA) is 31.4 Å². The van der Waals surface area contributed by atoms with Crippen LogP contribution in [0.2, 0.25) is 5.02 Å². The number of ether oxygens (including phenoxy) is 2. The Kier molecular flexibility index (Phi) is 3.52. The Morgan fingerprint density at radius 1 is 1.17 bits per heavy atom. The lowest BCUT2D eigenvalue weighted by Gasteiger charge is -2.11. The number of nitrogens with zero attached hydrogens (tertiary/aromatic N) is 1. The first-order chi connectivity index (χ1) is 8.56. The number of methoxy groups -OCH3 is 2. The molecule has 0 saturated heterocycles. The highest BCUT2D eigenvalue weighted by atomic mass is 35.5. The van der Waals surface area contributed by atoms with Gasteiger partial charge >= 0.3 is 0 Å². The molecule has 0 radical (unpaired) electrons. The van der Waals surface area contributed by atoms with Gasteiger partial charge in [0.15, 0.2) is 0 Å². The number of fused-ring (bicyclic) bond motifs is 1. The monoisotopic (exact) mass is 273 g/mol. The lowest BCUT2D eigenvalue weighted by molar-refractivity contribution is 0.146. The fourth-order valence-electron chi connectivity index (χ4n) is 1.67. The maximum atomic E-state index is 12.7. The van der Waals surface area contributed by atoms with Crippen LogP contribution in [0.4, 0.5) is 8.78 Å². The van der Waals surface area contributed by atoms with Crippen molar-refractivity contribution in [1.82, 2.24) is 4.98 Å². The van der Waals surface area contributed by atoms with Gasteiger partial charge < -0.3 is 9.47 Å². The predicted molar refractivity (Wildman–Crippen MR) is 64.8 cm³/mol. The zero-order chi connectivity index (χ0) is 13.3. The van der Waals surface area contributed by atoms with Crippen LogP contribution < -0.4 is 9.47 Å². The minimum Gasteiger partial charge on any atom is -0.497 e. The summed E-state index contributed by atoms with van der Waals surface area (Å²) in [7, 11) is 2.94. The van der Waals surface area contributed by atoms with Gasteiger partial charge in [-0.2, -0.15) is 0 Å². The minimum atomic E-state index is -2.68. The molecule has 0 unspecified atom stereocenters. The van der Waals surface area contributed by atoms with Gasteiger partial charge in [0.05, 0.1) is 30.1 Å². The molecule has 1 heterocycles. The number of alkyl halides is 2. The fourth-order valence-corrected chi connectivity index (χ4v) is 1.97. The van der Waals surface area contributed by atoms with Crippen molar-refractivity contribution in [3.8, 4) is 11.5 Å². The highest BCUT2D eigenvalue weighted by Gasteiger charge is 2.16. The Morgan fingerprint density at radius 2 is 1.89 bits per heavy atom. The van der Waals surface area contributed by atoms with Gasteiger partial charge in [0.25, 0.3) is 6.43 Å². The highest BCUT2D eigenvalue weighted by molar-refractivity contribution is 6.36. The number of halogens is 3. The Labute approximate surface area is 107 Å². The molecule has 0 saturated carbocycles. The standard InChI is InChI=1S/C12H10ClF2NO2/c1-17-6-3-8-11(10(4-6)18-2)7(13)5-9(16-8)12(14)15/h3-5,12H,1-2H3. The normalized spacial score (nSPS) is 11.0. The SMILES string of the molecule is COc1cc(OC)c2c(Cl)cc(C(F)F)nc2c1. The quantitative estimate of drug-likeness (QED) is 0.851. The van der Waals surface area contributed by atoms with Gasteiger partial charge in [-0.3, -0.25) is 0 Å². The van der Waals surface area contributed by atoms with Crippen LogP contribution >= 0.6 is 11.6 Å². The zero-order valence-electron chi connectivity index (χ0n) is 9.71. The minimum absolute atomic E-state index is 0.176. The summed E-state index contributed by atoms with van der Waals surface area (Å²) >= 11 is 5.99. The molecular weight excluding hydrogens is 264 g/mol. The van der Waals surface area contributed by atoms with Gasteiger partial charge in [-0.15, -0.1) is 0 Å². The smallest absolute Gasteiger partial charge is 0.280 e. The summed E-state index contributed by atoms with van der Waals surface area (Å²) < 4.78 is 35.5. The molecule has 0 atom stereocenters. The molecule has 0 spiro atoms. The molecule has 0 bridgehead atoms. The maximum Gasteiger partial charge on any atom is 0.280 e. The molecule has 6 heteroatoms. The molecular formula is C12H10ClF2NO2. The molecule has 18 heavy (non-hydrogen) atoms. The van der Waals surface area contributed by atoms with E-state index in [1.807, 2.05) is 0 Å². The van der Waals surface area contributed by atoms with Gasteiger partial charge in [-0.25, -0.2) is 13.8 Å². The first kappa shape index (κ1) is 12.8. The Bertz CT molecular complexity index is 590. The molecule has 0 aliphatic heterocycles. The van der Waals surface area contributed by atoms with Gasteiger partial charge in [-0.05, 0) is 6.07 Å². The lowest BCUT2D eigenvalue weighted by Crippen LogP contribution is -1.95. The van der Waals surface area contributed by atoms with Crippen molar-refractivity contribution in [2.45, 2.75) is 6.43 Å². The maximum absolute atomic E-state index is 12.7. The Balaban J connectivity index is 2.78. The van der Waals surface area contributed by atoms with E-state index in [-0.39, 0.29) is 10.7 Å². The van der Waals surface area contributed by atoms with Crippen LogP contribution in [-0.2, 0) is 0 Å². The van der Waals surface area contributed by atoms with Crippen molar-refractivity contribution in [2.75, 3.05) is 14.2 Å². The predicted octanol–water partition coefficient (Wildman–Crippen LogP) is 3.84. The summed E-state index contributed by atoms with van der Waals surface area (Å²) in [6.45, 7) is 0. The summed E-state index contributed by atoms with van der Waals surface area (Å²) in [5.41, 5.74) is -0.0585. The van der Waals surface area contributed by atoms with Crippen LogP contribution in [0.3, 0.4) is 0 Å². The second-order valence-electron chi connectivity index (χ2n) is 3.55. The molecule has 2 aromatic rings. The molecule has 0 N–H and O–H groups in total. The van der Waals surface area contributed by atoms with E-state index in [0.29, 0.717) is 22.4 Å². The zero-order valence-corrected chi connectivity index (χ0v) is 10.5. The van der Waals surface area contributed by atoms with Crippen LogP contribution in [0.25, 0.3) is 10.9 Å². The molecule has 0 fully saturated rings. The van der Waals surface area contributed by atoms with E-state index < -0.39 is 6.43 Å². The average Bonchev–Trinajstić information content (AvgIpc) is 2.36. The largest absolute Gasteiger partial charge is 0.497 e. The van der Waals surface area contributed by atoms with Crippen molar-refractivity contribution >= 4 is 22.5 Å². The highest BCUT2D eigenvalue weighted by Crippen LogP contribution is 2.36. The third-order valence-electron chi connectivity index (χ3n) is 2.50. The van der Waals surface area contributed by atoms with Crippen LogP contribution in [0.1, 0.15) is 12.1 Å². The third kappa shape index (κ3) is 2.18. The van der Waals surface area contributed by atoms with Gasteiger partial charge in [0.1, 0.15) is 17.2 Å². The van der Waals surface area contributed by atoms with Crippen LogP contribution in [-0.4, -0.2) is 19.2 Å². The van der Waals surface area contributed by atoms with Crippen molar-refractivity contribution in [2.24, 2.45) is 0 Å². The summed E-state index contributed by atoms with van der Waals surface area (Å²) in [6.07, 6.45) is -2.68. The van der Waals surface area contributed by atoms with Crippen LogP contribution in [0.5, 0.6) is 11.5 Å². The number of pyridine rings is 1. The van der Waals surface area contributed by atoms with Crippen molar-refractivity contribution < 1.29 is 18.3 Å². The van der Waals surface area contributed by atoms with E-state index in [1.54, 1.807) is 6.07 Å². The van der Waals surface area contributed by atoms with E-state index in [1.165, 1.54) is 20.3 Å². The molecule has 0 aliphatic rings. The molecule has 0 amide bonds. The van der Waals surface area contributed by atoms with Gasteiger partial charge in [0, 0.05) is 12.1 Å². The average molecular weight is 274 g/mol. The number of benzene rings is 1. The van der Waals surface area contributed by atoms with E-state index in [0.717, 1.165) is 6.07 Å². The molecule has 1 aromatic carbocycles. The Morgan fingerprint density at radius 3 is 2.44 bits per heavy atom. The van der Waals surface area contributed by atoms with Gasteiger partial charge in [-0.1, -0.05) is 11.6 Å². The van der Waals surface area contributed by atoms with Crippen molar-refractivity contribution in [3.63, 3.8) is 0 Å². The fraction of sp³-hybridized carbons (Fsp3) is 0.250. The molecule has 1 aromatic heterocycles. The summed E-state index contributed by atoms with van der Waals surface area (Å²) in [4.78, 5) is 3.86. The second kappa shape index (κ2) is 4.94. The molecule has 96 valence electrons. The van der Waals surface area contributed by atoms with E-state index in [4.69, 9.17) is 21.1 Å². The Hall–Kier alpha value is -1.62.